The molecule has 1 aromatic carbocycles. The Kier molecular flexibility index (Phi) is 4.85. The highest BCUT2D eigenvalue weighted by atomic mass is 16.5. The third kappa shape index (κ3) is 4.79. The second-order valence-electron chi connectivity index (χ2n) is 5.86. The molecule has 0 amide bonds. The molecule has 0 saturated heterocycles. The molecule has 5 nitrogen and oxygen atoms in total. The predicted octanol–water partition coefficient (Wildman–Crippen LogP) is 3.15. The van der Waals surface area contributed by atoms with Crippen molar-refractivity contribution in [2.24, 2.45) is 0 Å². The second kappa shape index (κ2) is 6.63. The number of aromatic nitrogens is 1. The SMILES string of the molecule is COc1cc(CNC(C)(C)C)ccc1OCc1ccno1. The van der Waals surface area contributed by atoms with Crippen molar-refractivity contribution in [3.8, 4) is 11.5 Å². The summed E-state index contributed by atoms with van der Waals surface area (Å²) >= 11 is 0. The van der Waals surface area contributed by atoms with E-state index in [2.05, 4.69) is 31.2 Å². The molecule has 0 bridgehead atoms. The Morgan fingerprint density at radius 3 is 2.62 bits per heavy atom. The molecule has 21 heavy (non-hydrogen) atoms. The predicted molar refractivity (Wildman–Crippen MR) is 80.4 cm³/mol. The zero-order chi connectivity index (χ0) is 15.3. The fourth-order valence-electron chi connectivity index (χ4n) is 1.77. The van der Waals surface area contributed by atoms with E-state index in [0.29, 0.717) is 23.9 Å². The fraction of sp³-hybridized carbons (Fsp3) is 0.438. The number of hydrogen-bond acceptors (Lipinski definition) is 5. The van der Waals surface area contributed by atoms with Crippen LogP contribution in [-0.2, 0) is 13.2 Å². The summed E-state index contributed by atoms with van der Waals surface area (Å²) in [6, 6.07) is 7.69. The van der Waals surface area contributed by atoms with Crippen molar-refractivity contribution < 1.29 is 14.0 Å². The van der Waals surface area contributed by atoms with E-state index in [1.807, 2.05) is 18.2 Å². The van der Waals surface area contributed by atoms with Gasteiger partial charge in [-0.3, -0.25) is 0 Å². The standard InChI is InChI=1S/C16H22N2O3/c1-16(2,3)17-10-12-5-6-14(15(9-12)19-4)20-11-13-7-8-18-21-13/h5-9,17H,10-11H2,1-4H3. The van der Waals surface area contributed by atoms with Gasteiger partial charge in [0.15, 0.2) is 17.3 Å². The zero-order valence-corrected chi connectivity index (χ0v) is 13.0. The maximum Gasteiger partial charge on any atom is 0.174 e. The molecule has 1 aromatic heterocycles. The molecule has 2 aromatic rings. The average Bonchev–Trinajstić information content (AvgIpc) is 2.95. The van der Waals surface area contributed by atoms with Gasteiger partial charge in [-0.25, -0.2) is 0 Å². The van der Waals surface area contributed by atoms with E-state index in [1.54, 1.807) is 19.4 Å². The Bertz CT molecular complexity index is 559. The number of nitrogens with one attached hydrogen (secondary N) is 1. The lowest BCUT2D eigenvalue weighted by Crippen LogP contribution is -2.35. The molecular weight excluding hydrogens is 268 g/mol. The maximum atomic E-state index is 5.69. The molecule has 1 heterocycles. The molecule has 5 heteroatoms. The van der Waals surface area contributed by atoms with Gasteiger partial charge in [-0.15, -0.1) is 0 Å². The highest BCUT2D eigenvalue weighted by Gasteiger charge is 2.11. The van der Waals surface area contributed by atoms with Crippen molar-refractivity contribution in [2.75, 3.05) is 7.11 Å². The van der Waals surface area contributed by atoms with Crippen LogP contribution in [0.25, 0.3) is 0 Å². The van der Waals surface area contributed by atoms with Crippen LogP contribution in [0.3, 0.4) is 0 Å². The highest BCUT2D eigenvalue weighted by Crippen LogP contribution is 2.29. The third-order valence-electron chi connectivity index (χ3n) is 2.91. The van der Waals surface area contributed by atoms with Crippen LogP contribution in [0.2, 0.25) is 0 Å². The van der Waals surface area contributed by atoms with E-state index in [1.165, 1.54) is 0 Å². The van der Waals surface area contributed by atoms with Crippen molar-refractivity contribution in [2.45, 2.75) is 39.5 Å². The summed E-state index contributed by atoms with van der Waals surface area (Å²) in [5, 5.41) is 7.09. The summed E-state index contributed by atoms with van der Waals surface area (Å²) in [4.78, 5) is 0. The summed E-state index contributed by atoms with van der Waals surface area (Å²) < 4.78 is 16.1. The van der Waals surface area contributed by atoms with Crippen LogP contribution in [0.4, 0.5) is 0 Å². The van der Waals surface area contributed by atoms with E-state index in [4.69, 9.17) is 14.0 Å². The van der Waals surface area contributed by atoms with Gasteiger partial charge in [-0.05, 0) is 38.5 Å². The van der Waals surface area contributed by atoms with E-state index < -0.39 is 0 Å². The molecule has 2 rings (SSSR count). The lowest BCUT2D eigenvalue weighted by molar-refractivity contribution is 0.239. The number of benzene rings is 1. The van der Waals surface area contributed by atoms with Gasteiger partial charge in [0, 0.05) is 18.2 Å². The molecule has 0 saturated carbocycles. The summed E-state index contributed by atoms with van der Waals surface area (Å²) in [6.45, 7) is 7.52. The molecular formula is C16H22N2O3. The van der Waals surface area contributed by atoms with Crippen LogP contribution in [0.5, 0.6) is 11.5 Å². The van der Waals surface area contributed by atoms with Gasteiger partial charge in [0.1, 0.15) is 6.61 Å². The highest BCUT2D eigenvalue weighted by molar-refractivity contribution is 5.43. The number of ether oxygens (including phenoxy) is 2. The third-order valence-corrected chi connectivity index (χ3v) is 2.91. The number of nitrogens with zero attached hydrogens (tertiary/aromatic N) is 1. The number of methoxy groups -OCH3 is 1. The van der Waals surface area contributed by atoms with Crippen LogP contribution in [0.15, 0.2) is 35.0 Å². The van der Waals surface area contributed by atoms with Crippen LogP contribution in [0.1, 0.15) is 32.1 Å². The lowest BCUT2D eigenvalue weighted by atomic mass is 10.1. The molecule has 0 aliphatic carbocycles. The van der Waals surface area contributed by atoms with Crippen LogP contribution in [0, 0.1) is 0 Å². The first-order chi connectivity index (χ1) is 9.98. The smallest absolute Gasteiger partial charge is 0.174 e. The largest absolute Gasteiger partial charge is 0.493 e. The molecule has 0 radical (unpaired) electrons. The maximum absolute atomic E-state index is 5.69. The molecule has 1 N–H and O–H groups in total. The van der Waals surface area contributed by atoms with Crippen molar-refractivity contribution >= 4 is 0 Å². The van der Waals surface area contributed by atoms with Gasteiger partial charge in [-0.2, -0.15) is 0 Å². The van der Waals surface area contributed by atoms with Crippen molar-refractivity contribution in [1.82, 2.24) is 10.5 Å². The molecule has 0 atom stereocenters. The second-order valence-corrected chi connectivity index (χ2v) is 5.86. The van der Waals surface area contributed by atoms with Gasteiger partial charge in [0.05, 0.1) is 13.3 Å². The fourth-order valence-corrected chi connectivity index (χ4v) is 1.77. The topological polar surface area (TPSA) is 56.5 Å². The quantitative estimate of drug-likeness (QED) is 0.885. The van der Waals surface area contributed by atoms with E-state index in [-0.39, 0.29) is 5.54 Å². The molecule has 0 aliphatic rings. The Morgan fingerprint density at radius 1 is 1.19 bits per heavy atom. The Hall–Kier alpha value is -2.01. The zero-order valence-electron chi connectivity index (χ0n) is 13.0. The van der Waals surface area contributed by atoms with Crippen molar-refractivity contribution in [1.29, 1.82) is 0 Å². The summed E-state index contributed by atoms with van der Waals surface area (Å²) in [5.41, 5.74) is 1.23. The molecule has 114 valence electrons. The van der Waals surface area contributed by atoms with Crippen LogP contribution < -0.4 is 14.8 Å². The molecule has 0 unspecified atom stereocenters. The first-order valence-corrected chi connectivity index (χ1v) is 6.92. The minimum absolute atomic E-state index is 0.0781. The minimum atomic E-state index is 0.0781. The monoisotopic (exact) mass is 290 g/mol. The van der Waals surface area contributed by atoms with E-state index in [9.17, 15) is 0 Å². The number of hydrogen-bond donors (Lipinski definition) is 1. The van der Waals surface area contributed by atoms with Gasteiger partial charge in [0.25, 0.3) is 0 Å². The summed E-state index contributed by atoms with van der Waals surface area (Å²) in [6.07, 6.45) is 1.59. The van der Waals surface area contributed by atoms with E-state index >= 15 is 0 Å². The normalized spacial score (nSPS) is 11.4. The summed E-state index contributed by atoms with van der Waals surface area (Å²) in [7, 11) is 1.64. The molecule has 0 fully saturated rings. The molecule has 0 aliphatic heterocycles. The van der Waals surface area contributed by atoms with Gasteiger partial charge in [-0.1, -0.05) is 11.2 Å². The van der Waals surface area contributed by atoms with Crippen LogP contribution >= 0.6 is 0 Å². The van der Waals surface area contributed by atoms with E-state index in [0.717, 1.165) is 12.1 Å². The Labute approximate surface area is 125 Å². The lowest BCUT2D eigenvalue weighted by Gasteiger charge is -2.21. The Morgan fingerprint density at radius 2 is 2.00 bits per heavy atom. The molecule has 0 spiro atoms. The number of rotatable bonds is 6. The Balaban J connectivity index is 2.02. The van der Waals surface area contributed by atoms with Crippen molar-refractivity contribution in [3.63, 3.8) is 0 Å². The van der Waals surface area contributed by atoms with Gasteiger partial charge < -0.3 is 19.3 Å². The van der Waals surface area contributed by atoms with Gasteiger partial charge >= 0.3 is 0 Å². The minimum Gasteiger partial charge on any atom is -0.493 e. The van der Waals surface area contributed by atoms with Crippen LogP contribution in [-0.4, -0.2) is 17.8 Å². The van der Waals surface area contributed by atoms with Gasteiger partial charge in [0.2, 0.25) is 0 Å². The first kappa shape index (κ1) is 15.4. The summed E-state index contributed by atoms with van der Waals surface area (Å²) in [5.74, 6) is 2.08. The average molecular weight is 290 g/mol. The van der Waals surface area contributed by atoms with Crippen molar-refractivity contribution in [3.05, 3.63) is 41.8 Å². The first-order valence-electron chi connectivity index (χ1n) is 6.92.